The van der Waals surface area contributed by atoms with E-state index in [1.54, 1.807) is 12.2 Å². The number of nitrogens with zero attached hydrogens (tertiary/aromatic N) is 1. The highest BCUT2D eigenvalue weighted by molar-refractivity contribution is 5.80. The van der Waals surface area contributed by atoms with Crippen molar-refractivity contribution >= 4 is 11.6 Å². The number of hydrogen-bond donors (Lipinski definition) is 0. The summed E-state index contributed by atoms with van der Waals surface area (Å²) in [7, 11) is 0. The molecule has 1 heteroatoms. The van der Waals surface area contributed by atoms with Crippen molar-refractivity contribution < 1.29 is 0 Å². The van der Waals surface area contributed by atoms with Crippen LogP contribution in [0.5, 0.6) is 0 Å². The van der Waals surface area contributed by atoms with Crippen LogP contribution in [0.1, 0.15) is 11.1 Å². The van der Waals surface area contributed by atoms with Gasteiger partial charge in [0.1, 0.15) is 0 Å². The van der Waals surface area contributed by atoms with Gasteiger partial charge in [-0.1, -0.05) is 98.6 Å². The lowest BCUT2D eigenvalue weighted by molar-refractivity contribution is 1.49. The molecule has 22 heavy (non-hydrogen) atoms. The Labute approximate surface area is 132 Å². The minimum absolute atomic E-state index is 0.547. The molecule has 0 heterocycles. The topological polar surface area (TPSA) is 23.8 Å². The van der Waals surface area contributed by atoms with Crippen molar-refractivity contribution in [2.75, 3.05) is 0 Å². The van der Waals surface area contributed by atoms with Gasteiger partial charge in [-0.15, -0.1) is 0 Å². The van der Waals surface area contributed by atoms with Crippen LogP contribution in [0.4, 0.5) is 0 Å². The second kappa shape index (κ2) is 9.74. The van der Waals surface area contributed by atoms with Crippen molar-refractivity contribution in [3.63, 3.8) is 0 Å². The molecule has 0 aliphatic rings. The van der Waals surface area contributed by atoms with Crippen LogP contribution in [0, 0.1) is 11.3 Å². The SMILES string of the molecule is C=CC(C#N)=C(C=C)c1ccccc1.C=Cc1ccccc1. The average molecular weight is 285 g/mol. The smallest absolute Gasteiger partial charge is 0.0997 e. The molecule has 1 nitrogen and oxygen atoms in total. The van der Waals surface area contributed by atoms with Crippen molar-refractivity contribution in [1.29, 1.82) is 5.26 Å². The van der Waals surface area contributed by atoms with Gasteiger partial charge in [0.15, 0.2) is 0 Å². The van der Waals surface area contributed by atoms with Crippen LogP contribution >= 0.6 is 0 Å². The molecule has 0 aromatic heterocycles. The second-order valence-electron chi connectivity index (χ2n) is 4.33. The van der Waals surface area contributed by atoms with Crippen molar-refractivity contribution in [2.45, 2.75) is 0 Å². The number of hydrogen-bond acceptors (Lipinski definition) is 1. The summed E-state index contributed by atoms with van der Waals surface area (Å²) >= 11 is 0. The van der Waals surface area contributed by atoms with E-state index in [2.05, 4.69) is 25.8 Å². The molecule has 2 aromatic rings. The van der Waals surface area contributed by atoms with Gasteiger partial charge >= 0.3 is 0 Å². The van der Waals surface area contributed by atoms with Crippen LogP contribution in [0.2, 0.25) is 0 Å². The fraction of sp³-hybridized carbons (Fsp3) is 0. The standard InChI is InChI=1S/C13H11N.C8H8/c1-3-11(10-14)13(4-2)12-8-6-5-7-9-12;1-2-8-6-4-3-5-7-8/h3-9H,1-2H2;2-7H,1H2. The monoisotopic (exact) mass is 285 g/mol. The third-order valence-corrected chi connectivity index (χ3v) is 2.94. The first-order valence-corrected chi connectivity index (χ1v) is 6.89. The Bertz CT molecular complexity index is 686. The fourth-order valence-corrected chi connectivity index (χ4v) is 1.81. The lowest BCUT2D eigenvalue weighted by atomic mass is 10.0. The Hall–Kier alpha value is -3.11. The second-order valence-corrected chi connectivity index (χ2v) is 4.33. The lowest BCUT2D eigenvalue weighted by Gasteiger charge is -2.02. The average Bonchev–Trinajstić information content (AvgIpc) is 2.61. The van der Waals surface area contributed by atoms with Gasteiger partial charge in [-0.25, -0.2) is 0 Å². The van der Waals surface area contributed by atoms with E-state index >= 15 is 0 Å². The van der Waals surface area contributed by atoms with Crippen LogP contribution in [0.15, 0.2) is 98.1 Å². The summed E-state index contributed by atoms with van der Waals surface area (Å²) < 4.78 is 0. The summed E-state index contributed by atoms with van der Waals surface area (Å²) in [6, 6.07) is 21.8. The third kappa shape index (κ3) is 5.11. The zero-order chi connectivity index (χ0) is 16.2. The van der Waals surface area contributed by atoms with E-state index in [-0.39, 0.29) is 0 Å². The number of nitriles is 1. The predicted octanol–water partition coefficient (Wildman–Crippen LogP) is 5.67. The Balaban J connectivity index is 0.000000255. The first kappa shape index (κ1) is 16.9. The first-order chi connectivity index (χ1) is 10.8. The van der Waals surface area contributed by atoms with E-state index in [0.717, 1.165) is 11.1 Å². The Morgan fingerprint density at radius 2 is 1.36 bits per heavy atom. The van der Waals surface area contributed by atoms with Gasteiger partial charge in [0.25, 0.3) is 0 Å². The molecule has 0 saturated carbocycles. The highest BCUT2D eigenvalue weighted by Crippen LogP contribution is 2.19. The van der Waals surface area contributed by atoms with Crippen molar-refractivity contribution in [3.05, 3.63) is 109 Å². The summed E-state index contributed by atoms with van der Waals surface area (Å²) in [5, 5.41) is 8.86. The van der Waals surface area contributed by atoms with Gasteiger partial charge in [0.05, 0.1) is 11.6 Å². The molecule has 2 rings (SSSR count). The number of rotatable bonds is 4. The van der Waals surface area contributed by atoms with E-state index in [4.69, 9.17) is 5.26 Å². The summed E-state index contributed by atoms with van der Waals surface area (Å²) in [4.78, 5) is 0. The molecule has 2 aromatic carbocycles. The van der Waals surface area contributed by atoms with Gasteiger partial charge in [0, 0.05) is 0 Å². The summed E-state index contributed by atoms with van der Waals surface area (Å²) in [6.07, 6.45) is 5.06. The molecule has 0 saturated heterocycles. The summed E-state index contributed by atoms with van der Waals surface area (Å²) in [6.45, 7) is 10.9. The fourth-order valence-electron chi connectivity index (χ4n) is 1.81. The van der Waals surface area contributed by atoms with Crippen LogP contribution in [0.25, 0.3) is 11.6 Å². The van der Waals surface area contributed by atoms with E-state index in [1.165, 1.54) is 5.56 Å². The molecule has 0 aliphatic carbocycles. The first-order valence-electron chi connectivity index (χ1n) is 6.89. The Kier molecular flexibility index (Phi) is 7.50. The normalized spacial score (nSPS) is 10.1. The van der Waals surface area contributed by atoms with E-state index in [0.29, 0.717) is 5.57 Å². The lowest BCUT2D eigenvalue weighted by Crippen LogP contribution is -1.84. The van der Waals surface area contributed by atoms with Gasteiger partial charge in [-0.2, -0.15) is 5.26 Å². The van der Waals surface area contributed by atoms with E-state index in [1.807, 2.05) is 66.7 Å². The van der Waals surface area contributed by atoms with Gasteiger partial charge in [-0.05, 0) is 16.7 Å². The zero-order valence-corrected chi connectivity index (χ0v) is 12.6. The predicted molar refractivity (Wildman–Crippen MR) is 95.9 cm³/mol. The summed E-state index contributed by atoms with van der Waals surface area (Å²) in [5.41, 5.74) is 3.53. The van der Waals surface area contributed by atoms with Crippen LogP contribution in [-0.2, 0) is 0 Å². The van der Waals surface area contributed by atoms with Gasteiger partial charge in [-0.3, -0.25) is 0 Å². The largest absolute Gasteiger partial charge is 0.192 e. The van der Waals surface area contributed by atoms with E-state index < -0.39 is 0 Å². The molecule has 0 unspecified atom stereocenters. The molecule has 0 spiro atoms. The van der Waals surface area contributed by atoms with Gasteiger partial charge < -0.3 is 0 Å². The number of allylic oxidation sites excluding steroid dienone is 4. The minimum Gasteiger partial charge on any atom is -0.192 e. The maximum Gasteiger partial charge on any atom is 0.0997 e. The molecule has 0 amide bonds. The molecule has 108 valence electrons. The quantitative estimate of drug-likeness (QED) is 0.525. The molecule has 0 aliphatic heterocycles. The highest BCUT2D eigenvalue weighted by atomic mass is 14.2. The molecular formula is C21H19N. The molecule has 0 bridgehead atoms. The van der Waals surface area contributed by atoms with Crippen LogP contribution in [0.3, 0.4) is 0 Å². The maximum absolute atomic E-state index is 8.86. The zero-order valence-electron chi connectivity index (χ0n) is 12.6. The van der Waals surface area contributed by atoms with Crippen LogP contribution < -0.4 is 0 Å². The summed E-state index contributed by atoms with van der Waals surface area (Å²) in [5.74, 6) is 0. The van der Waals surface area contributed by atoms with Crippen molar-refractivity contribution in [1.82, 2.24) is 0 Å². The minimum atomic E-state index is 0.547. The van der Waals surface area contributed by atoms with Crippen molar-refractivity contribution in [2.24, 2.45) is 0 Å². The van der Waals surface area contributed by atoms with E-state index in [9.17, 15) is 0 Å². The molecule has 0 radical (unpaired) electrons. The number of benzene rings is 2. The molecule has 0 fully saturated rings. The van der Waals surface area contributed by atoms with Crippen LogP contribution in [-0.4, -0.2) is 0 Å². The molecule has 0 atom stereocenters. The van der Waals surface area contributed by atoms with Crippen molar-refractivity contribution in [3.8, 4) is 6.07 Å². The van der Waals surface area contributed by atoms with Gasteiger partial charge in [0.2, 0.25) is 0 Å². The maximum atomic E-state index is 8.86. The molecule has 0 N–H and O–H groups in total. The Morgan fingerprint density at radius 3 is 1.73 bits per heavy atom. The molecular weight excluding hydrogens is 266 g/mol. The Morgan fingerprint density at radius 1 is 0.818 bits per heavy atom. The third-order valence-electron chi connectivity index (χ3n) is 2.94. The highest BCUT2D eigenvalue weighted by Gasteiger charge is 2.01.